The maximum atomic E-state index is 11.6. The van der Waals surface area contributed by atoms with E-state index >= 15 is 0 Å². The molecule has 8 heavy (non-hydrogen) atoms. The molecule has 1 rings (SSSR count). The van der Waals surface area contributed by atoms with Crippen molar-refractivity contribution in [3.63, 3.8) is 0 Å². The van der Waals surface area contributed by atoms with Crippen LogP contribution in [0.4, 0.5) is 4.39 Å². The lowest BCUT2D eigenvalue weighted by Gasteiger charge is -1.73. The van der Waals surface area contributed by atoms with Gasteiger partial charge in [0.05, 0.1) is 11.8 Å². The minimum atomic E-state index is -1.46. The van der Waals surface area contributed by atoms with Crippen LogP contribution < -0.4 is 0 Å². The van der Waals surface area contributed by atoms with Crippen molar-refractivity contribution in [3.8, 4) is 0 Å². The Morgan fingerprint density at radius 2 is 2.62 bits per heavy atom. The van der Waals surface area contributed by atoms with Gasteiger partial charge in [0.2, 0.25) is 0 Å². The number of rotatable bonds is 1. The van der Waals surface area contributed by atoms with E-state index in [1.54, 1.807) is 0 Å². The minimum absolute atomic E-state index is 0.0370. The number of carbonyl (C=O) groups is 1. The maximum absolute atomic E-state index is 11.6. The van der Waals surface area contributed by atoms with Crippen LogP contribution in [0.5, 0.6) is 0 Å². The number of nitrogens with one attached hydrogen (secondary N) is 1. The van der Waals surface area contributed by atoms with Crippen LogP contribution in [0, 0.1) is 0 Å². The van der Waals surface area contributed by atoms with Gasteiger partial charge in [-0.1, -0.05) is 0 Å². The molecule has 0 spiro atoms. The lowest BCUT2D eigenvalue weighted by molar-refractivity contribution is 0.0836. The number of aromatic nitrogens is 2. The van der Waals surface area contributed by atoms with Gasteiger partial charge in [0.15, 0.2) is 0 Å². The third-order valence-corrected chi connectivity index (χ3v) is 0.725. The van der Waals surface area contributed by atoms with Crippen LogP contribution >= 0.6 is 0 Å². The van der Waals surface area contributed by atoms with Gasteiger partial charge in [-0.3, -0.25) is 9.89 Å². The van der Waals surface area contributed by atoms with E-state index in [0.29, 0.717) is 0 Å². The Hall–Kier alpha value is -1.19. The molecule has 0 atom stereocenters. The van der Waals surface area contributed by atoms with Crippen LogP contribution in [0.2, 0.25) is 0 Å². The van der Waals surface area contributed by atoms with Gasteiger partial charge in [0.25, 0.3) is 0 Å². The zero-order valence-electron chi connectivity index (χ0n) is 3.89. The van der Waals surface area contributed by atoms with Gasteiger partial charge >= 0.3 is 6.04 Å². The van der Waals surface area contributed by atoms with Crippen LogP contribution in [0.25, 0.3) is 0 Å². The Kier molecular flexibility index (Phi) is 1.07. The summed E-state index contributed by atoms with van der Waals surface area (Å²) in [5.74, 6) is 0. The van der Waals surface area contributed by atoms with Gasteiger partial charge in [-0.2, -0.15) is 9.49 Å². The van der Waals surface area contributed by atoms with Crippen molar-refractivity contribution in [2.45, 2.75) is 0 Å². The summed E-state index contributed by atoms with van der Waals surface area (Å²) >= 11 is 0. The lowest BCUT2D eigenvalue weighted by atomic mass is 10.4. The topological polar surface area (TPSA) is 45.8 Å². The van der Waals surface area contributed by atoms with E-state index in [2.05, 4.69) is 10.2 Å². The molecule has 0 bridgehead atoms. The SMILES string of the molecule is O=C(F)c1cn[nH]c1. The Morgan fingerprint density at radius 3 is 2.88 bits per heavy atom. The zero-order valence-corrected chi connectivity index (χ0v) is 3.89. The van der Waals surface area contributed by atoms with Crippen molar-refractivity contribution in [3.05, 3.63) is 18.0 Å². The van der Waals surface area contributed by atoms with Crippen LogP contribution in [-0.4, -0.2) is 16.2 Å². The molecule has 4 heteroatoms. The van der Waals surface area contributed by atoms with Gasteiger partial charge < -0.3 is 0 Å². The van der Waals surface area contributed by atoms with Crippen LogP contribution in [0.3, 0.4) is 0 Å². The first-order chi connectivity index (χ1) is 3.80. The Balaban J connectivity index is 2.93. The molecule has 1 heterocycles. The standard InChI is InChI=1S/C4H3FN2O/c5-4(8)3-1-6-7-2-3/h1-2H,(H,6,7). The number of halogens is 1. The second-order valence-corrected chi connectivity index (χ2v) is 1.26. The third-order valence-electron chi connectivity index (χ3n) is 0.725. The van der Waals surface area contributed by atoms with Gasteiger partial charge in [-0.25, -0.2) is 0 Å². The number of nitrogens with zero attached hydrogens (tertiary/aromatic N) is 1. The van der Waals surface area contributed by atoms with Crippen molar-refractivity contribution < 1.29 is 9.18 Å². The van der Waals surface area contributed by atoms with Gasteiger partial charge in [-0.15, -0.1) is 0 Å². The van der Waals surface area contributed by atoms with E-state index in [-0.39, 0.29) is 5.56 Å². The van der Waals surface area contributed by atoms with Crippen molar-refractivity contribution in [1.82, 2.24) is 10.2 Å². The van der Waals surface area contributed by atoms with Gasteiger partial charge in [0, 0.05) is 6.20 Å². The van der Waals surface area contributed by atoms with E-state index < -0.39 is 6.04 Å². The summed E-state index contributed by atoms with van der Waals surface area (Å²) in [7, 11) is 0. The molecule has 0 unspecified atom stereocenters. The predicted molar refractivity (Wildman–Crippen MR) is 24.0 cm³/mol. The van der Waals surface area contributed by atoms with Gasteiger partial charge in [-0.05, 0) is 0 Å². The summed E-state index contributed by atoms with van der Waals surface area (Å²) in [6, 6.07) is -1.46. The molecular weight excluding hydrogens is 111 g/mol. The fourth-order valence-corrected chi connectivity index (χ4v) is 0.358. The summed E-state index contributed by atoms with van der Waals surface area (Å²) in [5, 5.41) is 5.66. The normalized spacial score (nSPS) is 9.12. The number of H-pyrrole nitrogens is 1. The summed E-state index contributed by atoms with van der Waals surface area (Å²) in [6.45, 7) is 0. The molecule has 3 nitrogen and oxygen atoms in total. The predicted octanol–water partition coefficient (Wildman–Crippen LogP) is 0.519. The van der Waals surface area contributed by atoms with Crippen molar-refractivity contribution in [1.29, 1.82) is 0 Å². The molecule has 0 saturated carbocycles. The molecule has 1 aromatic heterocycles. The molecule has 0 aliphatic rings. The van der Waals surface area contributed by atoms with E-state index in [4.69, 9.17) is 0 Å². The number of hydrogen-bond donors (Lipinski definition) is 1. The molecule has 0 aliphatic carbocycles. The molecule has 0 aliphatic heterocycles. The molecule has 0 saturated heterocycles. The van der Waals surface area contributed by atoms with E-state index in [9.17, 15) is 9.18 Å². The average molecular weight is 114 g/mol. The average Bonchev–Trinajstić information content (AvgIpc) is 2.12. The molecule has 42 valence electrons. The number of hydrogen-bond acceptors (Lipinski definition) is 2. The first-order valence-corrected chi connectivity index (χ1v) is 1.99. The fraction of sp³-hybridized carbons (Fsp3) is 0. The number of aromatic amines is 1. The molecule has 0 amide bonds. The molecule has 0 aromatic carbocycles. The van der Waals surface area contributed by atoms with E-state index in [1.807, 2.05) is 0 Å². The zero-order chi connectivity index (χ0) is 5.98. The second-order valence-electron chi connectivity index (χ2n) is 1.26. The molecular formula is C4H3FN2O. The largest absolute Gasteiger partial charge is 0.335 e. The van der Waals surface area contributed by atoms with Crippen molar-refractivity contribution in [2.24, 2.45) is 0 Å². The van der Waals surface area contributed by atoms with Crippen LogP contribution in [0.15, 0.2) is 12.4 Å². The Morgan fingerprint density at radius 1 is 1.88 bits per heavy atom. The lowest BCUT2D eigenvalue weighted by Crippen LogP contribution is -1.83. The quantitative estimate of drug-likeness (QED) is 0.541. The smallest absolute Gasteiger partial charge is 0.285 e. The van der Waals surface area contributed by atoms with E-state index in [1.165, 1.54) is 6.20 Å². The van der Waals surface area contributed by atoms with Crippen LogP contribution in [-0.2, 0) is 0 Å². The minimum Gasteiger partial charge on any atom is -0.285 e. The molecule has 1 N–H and O–H groups in total. The maximum Gasteiger partial charge on any atom is 0.335 e. The summed E-state index contributed by atoms with van der Waals surface area (Å²) < 4.78 is 11.6. The highest BCUT2D eigenvalue weighted by Crippen LogP contribution is 1.94. The fourth-order valence-electron chi connectivity index (χ4n) is 0.358. The monoisotopic (exact) mass is 114 g/mol. The van der Waals surface area contributed by atoms with Crippen molar-refractivity contribution in [2.75, 3.05) is 0 Å². The number of carbonyl (C=O) groups excluding carboxylic acids is 1. The molecule has 1 aromatic rings. The first-order valence-electron chi connectivity index (χ1n) is 1.99. The summed E-state index contributed by atoms with van der Waals surface area (Å²) in [6.07, 6.45) is 2.32. The summed E-state index contributed by atoms with van der Waals surface area (Å²) in [5.41, 5.74) is -0.0370. The van der Waals surface area contributed by atoms with E-state index in [0.717, 1.165) is 6.20 Å². The Labute approximate surface area is 44.5 Å². The highest BCUT2D eigenvalue weighted by Gasteiger charge is 2.01. The highest BCUT2D eigenvalue weighted by molar-refractivity contribution is 5.87. The van der Waals surface area contributed by atoms with Gasteiger partial charge in [0.1, 0.15) is 0 Å². The first kappa shape index (κ1) is 4.96. The van der Waals surface area contributed by atoms with Crippen LogP contribution in [0.1, 0.15) is 10.4 Å². The summed E-state index contributed by atoms with van der Waals surface area (Å²) in [4.78, 5) is 9.78. The third kappa shape index (κ3) is 0.726. The molecule has 0 radical (unpaired) electrons. The van der Waals surface area contributed by atoms with Crippen molar-refractivity contribution >= 4 is 6.04 Å². The Bertz CT molecular complexity index is 182. The second kappa shape index (κ2) is 1.73. The highest BCUT2D eigenvalue weighted by atomic mass is 19.1. The molecule has 0 fully saturated rings.